The molecular formula is C17H13N5O3. The number of pyridine rings is 1. The standard InChI is InChI=1S/C17H13N5O3/c23-15(18-9-14-20-19-13-7-3-4-8-21(13)14)10-22-12-6-2-1-5-11(12)16(24)17(22)25/h1-8H,9-10H2,(H,18,23). The molecule has 0 saturated carbocycles. The topological polar surface area (TPSA) is 96.7 Å². The zero-order valence-corrected chi connectivity index (χ0v) is 13.0. The zero-order chi connectivity index (χ0) is 17.4. The van der Waals surface area contributed by atoms with Crippen LogP contribution >= 0.6 is 0 Å². The van der Waals surface area contributed by atoms with Crippen molar-refractivity contribution in [2.24, 2.45) is 0 Å². The molecule has 3 aromatic rings. The van der Waals surface area contributed by atoms with Crippen molar-refractivity contribution in [1.29, 1.82) is 0 Å². The van der Waals surface area contributed by atoms with Crippen LogP contribution in [0.4, 0.5) is 5.69 Å². The number of aromatic nitrogens is 3. The molecule has 0 aliphatic carbocycles. The van der Waals surface area contributed by atoms with Crippen LogP contribution in [0.25, 0.3) is 5.65 Å². The number of amides is 2. The van der Waals surface area contributed by atoms with E-state index in [1.54, 1.807) is 34.9 Å². The third-order valence-corrected chi connectivity index (χ3v) is 4.01. The largest absolute Gasteiger partial charge is 0.347 e. The van der Waals surface area contributed by atoms with E-state index in [1.165, 1.54) is 4.90 Å². The summed E-state index contributed by atoms with van der Waals surface area (Å²) in [5.74, 6) is -1.09. The van der Waals surface area contributed by atoms with Crippen molar-refractivity contribution in [2.45, 2.75) is 6.54 Å². The van der Waals surface area contributed by atoms with E-state index in [2.05, 4.69) is 15.5 Å². The van der Waals surface area contributed by atoms with Gasteiger partial charge in [-0.15, -0.1) is 10.2 Å². The number of rotatable bonds is 4. The second-order valence-corrected chi connectivity index (χ2v) is 5.56. The molecule has 0 saturated heterocycles. The fourth-order valence-electron chi connectivity index (χ4n) is 2.79. The van der Waals surface area contributed by atoms with Gasteiger partial charge in [-0.25, -0.2) is 0 Å². The maximum Gasteiger partial charge on any atom is 0.299 e. The molecule has 2 aromatic heterocycles. The first-order valence-electron chi connectivity index (χ1n) is 7.66. The molecule has 25 heavy (non-hydrogen) atoms. The summed E-state index contributed by atoms with van der Waals surface area (Å²) in [5, 5.41) is 10.7. The summed E-state index contributed by atoms with van der Waals surface area (Å²) in [5.41, 5.74) is 1.46. The first kappa shape index (κ1) is 15.0. The van der Waals surface area contributed by atoms with Gasteiger partial charge in [0.1, 0.15) is 6.54 Å². The zero-order valence-electron chi connectivity index (χ0n) is 13.0. The third-order valence-electron chi connectivity index (χ3n) is 4.01. The number of Topliss-reactive ketones (excluding diaryl/α,β-unsaturated/α-hetero) is 1. The van der Waals surface area contributed by atoms with E-state index in [0.29, 0.717) is 22.7 Å². The fourth-order valence-corrected chi connectivity index (χ4v) is 2.79. The molecule has 3 heterocycles. The molecule has 0 fully saturated rings. The highest BCUT2D eigenvalue weighted by Gasteiger charge is 2.36. The molecule has 8 heteroatoms. The molecule has 1 aliphatic rings. The molecule has 0 spiro atoms. The quantitative estimate of drug-likeness (QED) is 0.703. The summed E-state index contributed by atoms with van der Waals surface area (Å²) < 4.78 is 1.76. The van der Waals surface area contributed by atoms with Gasteiger partial charge in [0.15, 0.2) is 11.5 Å². The van der Waals surface area contributed by atoms with Gasteiger partial charge in [-0.3, -0.25) is 23.7 Å². The number of anilines is 1. The molecule has 2 amide bonds. The Balaban J connectivity index is 1.46. The molecular weight excluding hydrogens is 322 g/mol. The summed E-state index contributed by atoms with van der Waals surface area (Å²) >= 11 is 0. The Kier molecular flexibility index (Phi) is 3.50. The number of para-hydroxylation sites is 1. The summed E-state index contributed by atoms with van der Waals surface area (Å²) in [6, 6.07) is 12.1. The van der Waals surface area contributed by atoms with Gasteiger partial charge in [-0.05, 0) is 24.3 Å². The molecule has 0 bridgehead atoms. The van der Waals surface area contributed by atoms with E-state index in [0.717, 1.165) is 0 Å². The van der Waals surface area contributed by atoms with E-state index in [4.69, 9.17) is 0 Å². The van der Waals surface area contributed by atoms with Crippen molar-refractivity contribution in [3.63, 3.8) is 0 Å². The number of hydrogen-bond acceptors (Lipinski definition) is 5. The lowest BCUT2D eigenvalue weighted by molar-refractivity contribution is -0.122. The van der Waals surface area contributed by atoms with E-state index in [9.17, 15) is 14.4 Å². The molecule has 4 rings (SSSR count). The number of nitrogens with zero attached hydrogens (tertiary/aromatic N) is 4. The molecule has 0 unspecified atom stereocenters. The second kappa shape index (κ2) is 5.82. The molecule has 1 aromatic carbocycles. The van der Waals surface area contributed by atoms with Gasteiger partial charge in [-0.1, -0.05) is 18.2 Å². The Morgan fingerprint density at radius 2 is 1.84 bits per heavy atom. The maximum absolute atomic E-state index is 12.2. The van der Waals surface area contributed by atoms with Crippen LogP contribution in [-0.4, -0.2) is 38.7 Å². The number of benzene rings is 1. The lowest BCUT2D eigenvalue weighted by atomic mass is 10.1. The average Bonchev–Trinajstić information content (AvgIpc) is 3.15. The predicted molar refractivity (Wildman–Crippen MR) is 88.0 cm³/mol. The summed E-state index contributed by atoms with van der Waals surface area (Å²) in [6.45, 7) is -0.0556. The fraction of sp³-hybridized carbons (Fsp3) is 0.118. The molecule has 8 nitrogen and oxygen atoms in total. The van der Waals surface area contributed by atoms with Crippen molar-refractivity contribution in [1.82, 2.24) is 19.9 Å². The normalized spacial score (nSPS) is 13.4. The lowest BCUT2D eigenvalue weighted by Gasteiger charge is -2.15. The smallest absolute Gasteiger partial charge is 0.299 e. The molecule has 0 atom stereocenters. The van der Waals surface area contributed by atoms with Crippen LogP contribution in [0.1, 0.15) is 16.2 Å². The minimum Gasteiger partial charge on any atom is -0.347 e. The Bertz CT molecular complexity index is 1010. The van der Waals surface area contributed by atoms with Crippen LogP contribution in [0.3, 0.4) is 0 Å². The van der Waals surface area contributed by atoms with E-state index in [-0.39, 0.29) is 19.0 Å². The van der Waals surface area contributed by atoms with Crippen LogP contribution in [0.2, 0.25) is 0 Å². The van der Waals surface area contributed by atoms with Crippen LogP contribution in [-0.2, 0) is 16.1 Å². The highest BCUT2D eigenvalue weighted by molar-refractivity contribution is 6.52. The van der Waals surface area contributed by atoms with Crippen LogP contribution < -0.4 is 10.2 Å². The minimum atomic E-state index is -0.690. The van der Waals surface area contributed by atoms with Crippen LogP contribution in [0.15, 0.2) is 48.7 Å². The molecule has 0 radical (unpaired) electrons. The van der Waals surface area contributed by atoms with Gasteiger partial charge < -0.3 is 5.32 Å². The first-order chi connectivity index (χ1) is 12.1. The van der Waals surface area contributed by atoms with E-state index < -0.39 is 11.7 Å². The van der Waals surface area contributed by atoms with Crippen molar-refractivity contribution < 1.29 is 14.4 Å². The molecule has 1 aliphatic heterocycles. The van der Waals surface area contributed by atoms with Gasteiger partial charge in [0, 0.05) is 6.20 Å². The van der Waals surface area contributed by atoms with Gasteiger partial charge >= 0.3 is 0 Å². The molecule has 1 N–H and O–H groups in total. The molecule has 124 valence electrons. The number of carbonyl (C=O) groups is 3. The minimum absolute atomic E-state index is 0.168. The van der Waals surface area contributed by atoms with Crippen molar-refractivity contribution in [2.75, 3.05) is 11.4 Å². The predicted octanol–water partition coefficient (Wildman–Crippen LogP) is 0.575. The SMILES string of the molecule is O=C(CN1C(=O)C(=O)c2ccccc21)NCc1nnc2ccccn12. The van der Waals surface area contributed by atoms with Gasteiger partial charge in [0.2, 0.25) is 5.91 Å². The number of fused-ring (bicyclic) bond motifs is 2. The summed E-state index contributed by atoms with van der Waals surface area (Å²) in [7, 11) is 0. The van der Waals surface area contributed by atoms with Gasteiger partial charge in [-0.2, -0.15) is 0 Å². The van der Waals surface area contributed by atoms with Crippen molar-refractivity contribution in [3.8, 4) is 0 Å². The number of hydrogen-bond donors (Lipinski definition) is 1. The van der Waals surface area contributed by atoms with Gasteiger partial charge in [0.25, 0.3) is 11.7 Å². The Labute approximate surface area is 142 Å². The van der Waals surface area contributed by atoms with Crippen LogP contribution in [0, 0.1) is 0 Å². The summed E-state index contributed by atoms with van der Waals surface area (Å²) in [4.78, 5) is 37.4. The van der Waals surface area contributed by atoms with Crippen molar-refractivity contribution in [3.05, 3.63) is 60.0 Å². The Hall–Kier alpha value is -3.55. The third kappa shape index (κ3) is 2.53. The lowest BCUT2D eigenvalue weighted by Crippen LogP contribution is -2.40. The van der Waals surface area contributed by atoms with E-state index >= 15 is 0 Å². The van der Waals surface area contributed by atoms with Crippen molar-refractivity contribution >= 4 is 28.9 Å². The van der Waals surface area contributed by atoms with Crippen LogP contribution in [0.5, 0.6) is 0 Å². The second-order valence-electron chi connectivity index (χ2n) is 5.56. The summed E-state index contributed by atoms with van der Waals surface area (Å²) in [6.07, 6.45) is 1.80. The maximum atomic E-state index is 12.2. The highest BCUT2D eigenvalue weighted by atomic mass is 16.2. The number of ketones is 1. The monoisotopic (exact) mass is 335 g/mol. The number of carbonyl (C=O) groups excluding carboxylic acids is 3. The Morgan fingerprint density at radius 1 is 1.04 bits per heavy atom. The highest BCUT2D eigenvalue weighted by Crippen LogP contribution is 2.27. The number of nitrogens with one attached hydrogen (secondary N) is 1. The Morgan fingerprint density at radius 3 is 2.72 bits per heavy atom. The average molecular weight is 335 g/mol. The van der Waals surface area contributed by atoms with E-state index in [1.807, 2.05) is 18.2 Å². The van der Waals surface area contributed by atoms with Gasteiger partial charge in [0.05, 0.1) is 17.8 Å². The first-order valence-corrected chi connectivity index (χ1v) is 7.66.